The molecule has 1 saturated carbocycles. The maximum Gasteiger partial charge on any atom is 0.338 e. The van der Waals surface area contributed by atoms with E-state index in [2.05, 4.69) is 17.6 Å². The van der Waals surface area contributed by atoms with Gasteiger partial charge in [-0.3, -0.25) is 0 Å². The summed E-state index contributed by atoms with van der Waals surface area (Å²) in [6.07, 6.45) is 4.62. The SMILES string of the molecule is CCOC(=O)c1ccc(NC(=O)N[C@@H]2CCCC[C@@H]2C)cc1. The van der Waals surface area contributed by atoms with Crippen LogP contribution in [0.4, 0.5) is 10.5 Å². The third-order valence-electron chi connectivity index (χ3n) is 4.08. The van der Waals surface area contributed by atoms with E-state index in [0.29, 0.717) is 23.8 Å². The fraction of sp³-hybridized carbons (Fsp3) is 0.529. The predicted octanol–water partition coefficient (Wildman–Crippen LogP) is 3.56. The van der Waals surface area contributed by atoms with E-state index in [1.165, 1.54) is 19.3 Å². The highest BCUT2D eigenvalue weighted by Crippen LogP contribution is 2.23. The van der Waals surface area contributed by atoms with Gasteiger partial charge in [0.1, 0.15) is 0 Å². The molecule has 0 aromatic heterocycles. The first-order valence-corrected chi connectivity index (χ1v) is 7.95. The molecule has 0 unspecified atom stereocenters. The molecule has 0 saturated heterocycles. The molecule has 5 heteroatoms. The Morgan fingerprint density at radius 1 is 1.18 bits per heavy atom. The Hall–Kier alpha value is -2.04. The fourth-order valence-electron chi connectivity index (χ4n) is 2.77. The van der Waals surface area contributed by atoms with Gasteiger partial charge in [0.05, 0.1) is 12.2 Å². The molecule has 0 radical (unpaired) electrons. The Morgan fingerprint density at radius 3 is 2.50 bits per heavy atom. The van der Waals surface area contributed by atoms with Crippen LogP contribution in [-0.2, 0) is 4.74 Å². The van der Waals surface area contributed by atoms with Crippen molar-refractivity contribution in [3.63, 3.8) is 0 Å². The molecule has 120 valence electrons. The first kappa shape index (κ1) is 16.3. The number of hydrogen-bond acceptors (Lipinski definition) is 3. The van der Waals surface area contributed by atoms with E-state index in [1.54, 1.807) is 31.2 Å². The Labute approximate surface area is 131 Å². The van der Waals surface area contributed by atoms with Crippen molar-refractivity contribution < 1.29 is 14.3 Å². The van der Waals surface area contributed by atoms with Crippen molar-refractivity contribution in [2.24, 2.45) is 5.92 Å². The molecule has 1 aromatic carbocycles. The topological polar surface area (TPSA) is 67.4 Å². The lowest BCUT2D eigenvalue weighted by atomic mass is 9.86. The fourth-order valence-corrected chi connectivity index (χ4v) is 2.77. The van der Waals surface area contributed by atoms with E-state index in [9.17, 15) is 9.59 Å². The van der Waals surface area contributed by atoms with Gasteiger partial charge in [-0.1, -0.05) is 19.8 Å². The lowest BCUT2D eigenvalue weighted by Crippen LogP contribution is -2.43. The molecule has 22 heavy (non-hydrogen) atoms. The molecule has 1 aliphatic rings. The second-order valence-corrected chi connectivity index (χ2v) is 5.76. The summed E-state index contributed by atoms with van der Waals surface area (Å²) in [4.78, 5) is 23.6. The third kappa shape index (κ3) is 4.48. The maximum absolute atomic E-state index is 12.0. The second-order valence-electron chi connectivity index (χ2n) is 5.76. The van der Waals surface area contributed by atoms with Gasteiger partial charge in [0, 0.05) is 11.7 Å². The highest BCUT2D eigenvalue weighted by molar-refractivity contribution is 5.92. The van der Waals surface area contributed by atoms with Gasteiger partial charge in [-0.2, -0.15) is 0 Å². The second kappa shape index (κ2) is 7.82. The van der Waals surface area contributed by atoms with E-state index in [-0.39, 0.29) is 18.0 Å². The molecule has 0 heterocycles. The van der Waals surface area contributed by atoms with Gasteiger partial charge in [0.15, 0.2) is 0 Å². The summed E-state index contributed by atoms with van der Waals surface area (Å²) in [6.45, 7) is 4.30. The standard InChI is InChI=1S/C17H24N2O3/c1-3-22-16(20)13-8-10-14(11-9-13)18-17(21)19-15-7-5-4-6-12(15)2/h8-12,15H,3-7H2,1-2H3,(H2,18,19,21)/t12-,15+/m0/s1. The van der Waals surface area contributed by atoms with Gasteiger partial charge in [-0.05, 0) is 49.9 Å². The largest absolute Gasteiger partial charge is 0.462 e. The van der Waals surface area contributed by atoms with Gasteiger partial charge in [0.2, 0.25) is 0 Å². The molecule has 0 aliphatic heterocycles. The van der Waals surface area contributed by atoms with Crippen LogP contribution in [0.2, 0.25) is 0 Å². The molecule has 2 rings (SSSR count). The summed E-state index contributed by atoms with van der Waals surface area (Å²) in [6, 6.07) is 6.76. The number of esters is 1. The monoisotopic (exact) mass is 304 g/mol. The smallest absolute Gasteiger partial charge is 0.338 e. The quantitative estimate of drug-likeness (QED) is 0.836. The van der Waals surface area contributed by atoms with Gasteiger partial charge in [-0.15, -0.1) is 0 Å². The number of ether oxygens (including phenoxy) is 1. The Balaban J connectivity index is 1.87. The van der Waals surface area contributed by atoms with Crippen molar-refractivity contribution in [2.45, 2.75) is 45.6 Å². The Morgan fingerprint density at radius 2 is 1.86 bits per heavy atom. The van der Waals surface area contributed by atoms with Crippen LogP contribution in [0.5, 0.6) is 0 Å². The summed E-state index contributed by atoms with van der Waals surface area (Å²) < 4.78 is 4.92. The van der Waals surface area contributed by atoms with Crippen molar-refractivity contribution in [3.8, 4) is 0 Å². The minimum absolute atomic E-state index is 0.192. The summed E-state index contributed by atoms with van der Waals surface area (Å²) in [5.41, 5.74) is 1.14. The number of carbonyl (C=O) groups is 2. The molecule has 0 spiro atoms. The van der Waals surface area contributed by atoms with Gasteiger partial charge in [0.25, 0.3) is 0 Å². The minimum atomic E-state index is -0.352. The van der Waals surface area contributed by atoms with Crippen molar-refractivity contribution in [1.29, 1.82) is 0 Å². The van der Waals surface area contributed by atoms with Crippen LogP contribution in [0.1, 0.15) is 49.9 Å². The summed E-state index contributed by atoms with van der Waals surface area (Å²) in [5, 5.41) is 5.84. The number of hydrogen-bond donors (Lipinski definition) is 2. The number of amides is 2. The molecule has 5 nitrogen and oxygen atoms in total. The molecule has 1 aliphatic carbocycles. The summed E-state index contributed by atoms with van der Waals surface area (Å²) >= 11 is 0. The number of rotatable bonds is 4. The average molecular weight is 304 g/mol. The van der Waals surface area contributed by atoms with Crippen molar-refractivity contribution in [3.05, 3.63) is 29.8 Å². The molecule has 2 N–H and O–H groups in total. The van der Waals surface area contributed by atoms with Crippen LogP contribution >= 0.6 is 0 Å². The van der Waals surface area contributed by atoms with E-state index in [0.717, 1.165) is 6.42 Å². The first-order chi connectivity index (χ1) is 10.6. The van der Waals surface area contributed by atoms with Gasteiger partial charge >= 0.3 is 12.0 Å². The predicted molar refractivity (Wildman–Crippen MR) is 86.0 cm³/mol. The zero-order valence-electron chi connectivity index (χ0n) is 13.2. The molecular weight excluding hydrogens is 280 g/mol. The van der Waals surface area contributed by atoms with Crippen molar-refractivity contribution in [1.82, 2.24) is 5.32 Å². The molecular formula is C17H24N2O3. The molecule has 1 aromatic rings. The van der Waals surface area contributed by atoms with Crippen molar-refractivity contribution >= 4 is 17.7 Å². The van der Waals surface area contributed by atoms with Crippen LogP contribution in [0, 0.1) is 5.92 Å². The van der Waals surface area contributed by atoms with Crippen LogP contribution in [0.3, 0.4) is 0 Å². The lowest BCUT2D eigenvalue weighted by Gasteiger charge is -2.29. The van der Waals surface area contributed by atoms with Crippen LogP contribution in [0.15, 0.2) is 24.3 Å². The zero-order chi connectivity index (χ0) is 15.9. The normalized spacial score (nSPS) is 21.0. The zero-order valence-corrected chi connectivity index (χ0v) is 13.2. The summed E-state index contributed by atoms with van der Waals surface area (Å²) in [5.74, 6) is 0.167. The minimum Gasteiger partial charge on any atom is -0.462 e. The van der Waals surface area contributed by atoms with Crippen molar-refractivity contribution in [2.75, 3.05) is 11.9 Å². The Kier molecular flexibility index (Phi) is 5.81. The third-order valence-corrected chi connectivity index (χ3v) is 4.08. The van der Waals surface area contributed by atoms with Gasteiger partial charge in [-0.25, -0.2) is 9.59 Å². The number of benzene rings is 1. The molecule has 2 amide bonds. The number of carbonyl (C=O) groups excluding carboxylic acids is 2. The molecule has 2 atom stereocenters. The highest BCUT2D eigenvalue weighted by Gasteiger charge is 2.22. The molecule has 1 fully saturated rings. The van der Waals surface area contributed by atoms with E-state index < -0.39 is 0 Å². The number of nitrogens with one attached hydrogen (secondary N) is 2. The number of urea groups is 1. The van der Waals surface area contributed by atoms with E-state index >= 15 is 0 Å². The van der Waals surface area contributed by atoms with E-state index in [4.69, 9.17) is 4.74 Å². The first-order valence-electron chi connectivity index (χ1n) is 7.95. The Bertz CT molecular complexity index is 513. The van der Waals surface area contributed by atoms with Crippen LogP contribution in [-0.4, -0.2) is 24.6 Å². The summed E-state index contributed by atoms with van der Waals surface area (Å²) in [7, 11) is 0. The average Bonchev–Trinajstić information content (AvgIpc) is 2.50. The highest BCUT2D eigenvalue weighted by atomic mass is 16.5. The number of anilines is 1. The molecule has 0 bridgehead atoms. The van der Waals surface area contributed by atoms with E-state index in [1.807, 2.05) is 0 Å². The maximum atomic E-state index is 12.0. The van der Waals surface area contributed by atoms with Crippen LogP contribution in [0.25, 0.3) is 0 Å². The lowest BCUT2D eigenvalue weighted by molar-refractivity contribution is 0.0526. The van der Waals surface area contributed by atoms with Crippen LogP contribution < -0.4 is 10.6 Å². The van der Waals surface area contributed by atoms with Gasteiger partial charge < -0.3 is 15.4 Å².